The third-order valence-corrected chi connectivity index (χ3v) is 3.19. The third kappa shape index (κ3) is 10.7. The molecular formula is C18H32IN3O2. The van der Waals surface area contributed by atoms with Gasteiger partial charge in [0.2, 0.25) is 0 Å². The summed E-state index contributed by atoms with van der Waals surface area (Å²) in [7, 11) is 1.79. The van der Waals surface area contributed by atoms with Crippen LogP contribution < -0.4 is 15.4 Å². The monoisotopic (exact) mass is 449 g/mol. The fraction of sp³-hybridized carbons (Fsp3) is 0.611. The van der Waals surface area contributed by atoms with E-state index in [1.54, 1.807) is 7.05 Å². The summed E-state index contributed by atoms with van der Waals surface area (Å²) in [4.78, 5) is 4.23. The Bertz CT molecular complexity index is 450. The highest BCUT2D eigenvalue weighted by molar-refractivity contribution is 14.0. The van der Waals surface area contributed by atoms with Crippen LogP contribution in [0.1, 0.15) is 39.2 Å². The molecule has 0 radical (unpaired) electrons. The number of benzene rings is 1. The summed E-state index contributed by atoms with van der Waals surface area (Å²) >= 11 is 0. The highest BCUT2D eigenvalue weighted by Gasteiger charge is 2.00. The van der Waals surface area contributed by atoms with Gasteiger partial charge in [0.1, 0.15) is 5.75 Å². The van der Waals surface area contributed by atoms with E-state index in [1.165, 1.54) is 5.56 Å². The van der Waals surface area contributed by atoms with Crippen LogP contribution in [0.2, 0.25) is 0 Å². The zero-order chi connectivity index (χ0) is 16.9. The molecule has 1 aromatic carbocycles. The number of halogens is 1. The molecule has 2 N–H and O–H groups in total. The second kappa shape index (κ2) is 14.3. The summed E-state index contributed by atoms with van der Waals surface area (Å²) in [6.45, 7) is 9.33. The minimum Gasteiger partial charge on any atom is -0.491 e. The maximum Gasteiger partial charge on any atom is 0.191 e. The fourth-order valence-electron chi connectivity index (χ4n) is 2.04. The average Bonchev–Trinajstić information content (AvgIpc) is 2.54. The molecule has 0 amide bonds. The summed E-state index contributed by atoms with van der Waals surface area (Å²) in [6.07, 6.45) is 2.33. The first-order chi connectivity index (χ1) is 11.2. The number of aliphatic imine (C=N–C) groups is 1. The van der Waals surface area contributed by atoms with Gasteiger partial charge in [0.05, 0.1) is 6.10 Å². The van der Waals surface area contributed by atoms with Crippen molar-refractivity contribution in [2.24, 2.45) is 4.99 Å². The van der Waals surface area contributed by atoms with Gasteiger partial charge >= 0.3 is 0 Å². The SMILES string of the molecule is CCOCCCCNC(=NC)NCc1ccc(OC(C)C)cc1.I. The smallest absolute Gasteiger partial charge is 0.191 e. The predicted octanol–water partition coefficient (Wildman–Crippen LogP) is 3.57. The molecule has 0 saturated carbocycles. The molecule has 0 bridgehead atoms. The molecule has 5 nitrogen and oxygen atoms in total. The predicted molar refractivity (Wildman–Crippen MR) is 112 cm³/mol. The maximum absolute atomic E-state index is 5.64. The van der Waals surface area contributed by atoms with E-state index >= 15 is 0 Å². The summed E-state index contributed by atoms with van der Waals surface area (Å²) in [5, 5.41) is 6.63. The van der Waals surface area contributed by atoms with Crippen molar-refractivity contribution in [2.75, 3.05) is 26.8 Å². The second-order valence-corrected chi connectivity index (χ2v) is 5.57. The molecule has 138 valence electrons. The normalized spacial score (nSPS) is 11.1. The van der Waals surface area contributed by atoms with E-state index in [1.807, 2.05) is 32.9 Å². The van der Waals surface area contributed by atoms with Crippen molar-refractivity contribution in [1.29, 1.82) is 0 Å². The first-order valence-electron chi connectivity index (χ1n) is 8.43. The van der Waals surface area contributed by atoms with Crippen molar-refractivity contribution in [3.63, 3.8) is 0 Å². The van der Waals surface area contributed by atoms with E-state index in [9.17, 15) is 0 Å². The van der Waals surface area contributed by atoms with E-state index in [4.69, 9.17) is 9.47 Å². The molecule has 0 unspecified atom stereocenters. The quantitative estimate of drug-likeness (QED) is 0.248. The van der Waals surface area contributed by atoms with Gasteiger partial charge in [-0.1, -0.05) is 12.1 Å². The summed E-state index contributed by atoms with van der Waals surface area (Å²) in [6, 6.07) is 8.14. The summed E-state index contributed by atoms with van der Waals surface area (Å²) in [5.74, 6) is 1.73. The van der Waals surface area contributed by atoms with Crippen LogP contribution in [-0.2, 0) is 11.3 Å². The summed E-state index contributed by atoms with van der Waals surface area (Å²) in [5.41, 5.74) is 1.19. The zero-order valence-electron chi connectivity index (χ0n) is 15.3. The Morgan fingerprint density at radius 3 is 2.42 bits per heavy atom. The fourth-order valence-corrected chi connectivity index (χ4v) is 2.04. The molecule has 0 saturated heterocycles. The molecular weight excluding hydrogens is 417 g/mol. The number of nitrogens with one attached hydrogen (secondary N) is 2. The highest BCUT2D eigenvalue weighted by Crippen LogP contribution is 2.13. The van der Waals surface area contributed by atoms with E-state index in [0.29, 0.717) is 0 Å². The Morgan fingerprint density at radius 2 is 1.83 bits per heavy atom. The number of hydrogen-bond donors (Lipinski definition) is 2. The van der Waals surface area contributed by atoms with Crippen molar-refractivity contribution >= 4 is 29.9 Å². The van der Waals surface area contributed by atoms with Gasteiger partial charge in [0.15, 0.2) is 5.96 Å². The first kappa shape index (κ1) is 23.0. The van der Waals surface area contributed by atoms with E-state index < -0.39 is 0 Å². The number of ether oxygens (including phenoxy) is 2. The van der Waals surface area contributed by atoms with E-state index in [2.05, 4.69) is 27.8 Å². The minimum atomic E-state index is 0. The van der Waals surface area contributed by atoms with Crippen molar-refractivity contribution in [1.82, 2.24) is 10.6 Å². The molecule has 0 aromatic heterocycles. The Kier molecular flexibility index (Phi) is 13.7. The van der Waals surface area contributed by atoms with E-state index in [-0.39, 0.29) is 30.1 Å². The van der Waals surface area contributed by atoms with Crippen molar-refractivity contribution in [2.45, 2.75) is 46.3 Å². The van der Waals surface area contributed by atoms with Gasteiger partial charge in [0, 0.05) is 33.4 Å². The molecule has 0 aliphatic carbocycles. The topological polar surface area (TPSA) is 54.9 Å². The van der Waals surface area contributed by atoms with Crippen LogP contribution >= 0.6 is 24.0 Å². The van der Waals surface area contributed by atoms with Crippen LogP contribution in [-0.4, -0.2) is 38.9 Å². The number of hydrogen-bond acceptors (Lipinski definition) is 3. The highest BCUT2D eigenvalue weighted by atomic mass is 127. The standard InChI is InChI=1S/C18H31N3O2.HI/c1-5-22-13-7-6-12-20-18(19-4)21-14-16-8-10-17(11-9-16)23-15(2)3;/h8-11,15H,5-7,12-14H2,1-4H3,(H2,19,20,21);1H. The largest absolute Gasteiger partial charge is 0.491 e. The Labute approximate surface area is 163 Å². The molecule has 1 rings (SSSR count). The van der Waals surface area contributed by atoms with Crippen molar-refractivity contribution in [3.8, 4) is 5.75 Å². The maximum atomic E-state index is 5.64. The van der Waals surface area contributed by atoms with Crippen molar-refractivity contribution < 1.29 is 9.47 Å². The molecule has 0 aliphatic rings. The van der Waals surface area contributed by atoms with Crippen LogP contribution in [0.4, 0.5) is 0 Å². The first-order valence-corrected chi connectivity index (χ1v) is 8.43. The van der Waals surface area contributed by atoms with Gasteiger partial charge in [-0.25, -0.2) is 0 Å². The zero-order valence-corrected chi connectivity index (χ0v) is 17.6. The molecule has 1 aromatic rings. The van der Waals surface area contributed by atoms with Crippen LogP contribution in [0.5, 0.6) is 5.75 Å². The third-order valence-electron chi connectivity index (χ3n) is 3.19. The molecule has 24 heavy (non-hydrogen) atoms. The molecule has 0 fully saturated rings. The number of unbranched alkanes of at least 4 members (excludes halogenated alkanes) is 1. The van der Waals surface area contributed by atoms with Crippen LogP contribution in [0, 0.1) is 0 Å². The Morgan fingerprint density at radius 1 is 1.12 bits per heavy atom. The van der Waals surface area contributed by atoms with Crippen LogP contribution in [0.3, 0.4) is 0 Å². The molecule has 0 atom stereocenters. The van der Waals surface area contributed by atoms with Crippen molar-refractivity contribution in [3.05, 3.63) is 29.8 Å². The van der Waals surface area contributed by atoms with Gasteiger partial charge in [-0.15, -0.1) is 24.0 Å². The lowest BCUT2D eigenvalue weighted by molar-refractivity contribution is 0.143. The van der Waals surface area contributed by atoms with Gasteiger partial charge in [-0.05, 0) is 51.3 Å². The lowest BCUT2D eigenvalue weighted by atomic mass is 10.2. The lowest BCUT2D eigenvalue weighted by Crippen LogP contribution is -2.37. The van der Waals surface area contributed by atoms with Crippen LogP contribution in [0.25, 0.3) is 0 Å². The van der Waals surface area contributed by atoms with Gasteiger partial charge in [-0.2, -0.15) is 0 Å². The average molecular weight is 449 g/mol. The second-order valence-electron chi connectivity index (χ2n) is 5.57. The Hall–Kier alpha value is -1.02. The lowest BCUT2D eigenvalue weighted by Gasteiger charge is -2.13. The molecule has 0 aliphatic heterocycles. The number of guanidine groups is 1. The van der Waals surface area contributed by atoms with Crippen LogP contribution in [0.15, 0.2) is 29.3 Å². The minimum absolute atomic E-state index is 0. The van der Waals surface area contributed by atoms with Gasteiger partial charge in [0.25, 0.3) is 0 Å². The molecule has 6 heteroatoms. The van der Waals surface area contributed by atoms with E-state index in [0.717, 1.165) is 50.9 Å². The van der Waals surface area contributed by atoms with Gasteiger partial charge in [-0.3, -0.25) is 4.99 Å². The number of rotatable bonds is 10. The molecule has 0 heterocycles. The Balaban J connectivity index is 0.00000529. The number of nitrogens with zero attached hydrogens (tertiary/aromatic N) is 1. The summed E-state index contributed by atoms with van der Waals surface area (Å²) < 4.78 is 11.0. The van der Waals surface area contributed by atoms with Gasteiger partial charge < -0.3 is 20.1 Å². The molecule has 0 spiro atoms.